The number of hydrogen-bond donors (Lipinski definition) is 1. The summed E-state index contributed by atoms with van der Waals surface area (Å²) in [7, 11) is 3.06. The van der Waals surface area contributed by atoms with E-state index in [0.717, 1.165) is 32.0 Å². The monoisotopic (exact) mass is 465 g/mol. The molecule has 0 aliphatic rings. The number of benzene rings is 3. The van der Waals surface area contributed by atoms with Gasteiger partial charge in [-0.1, -0.05) is 36.4 Å². The molecule has 2 N–H and O–H groups in total. The van der Waals surface area contributed by atoms with Crippen LogP contribution in [0.25, 0.3) is 14.9 Å². The molecule has 31 heavy (non-hydrogen) atoms. The van der Waals surface area contributed by atoms with E-state index in [1.54, 1.807) is 6.07 Å². The van der Waals surface area contributed by atoms with Crippen molar-refractivity contribution in [3.63, 3.8) is 0 Å². The third-order valence-corrected chi connectivity index (χ3v) is 6.25. The van der Waals surface area contributed by atoms with Crippen LogP contribution in [0.5, 0.6) is 0 Å². The third-order valence-electron chi connectivity index (χ3n) is 4.09. The van der Waals surface area contributed by atoms with Gasteiger partial charge in [0.25, 0.3) is 5.69 Å². The fraction of sp³-hybridized carbons (Fsp3) is 0.0476. The largest absolute Gasteiger partial charge is 0.399 e. The Hall–Kier alpha value is -3.31. The minimum absolute atomic E-state index is 0.0462. The first-order valence-corrected chi connectivity index (χ1v) is 11.1. The standard InChI is InChI=1S/C14H10N2O2S.C7H6N3PS/c1-15-13-9-12(16(17)18)7-8-14(13)19-10-11-5-3-2-4-6-11;8-4-1-2-6-5(3-4)7(9-11)10-12-6/h2-9H,10H2;1-3,11H,8H2. The van der Waals surface area contributed by atoms with Gasteiger partial charge in [-0.25, -0.2) is 9.59 Å². The maximum absolute atomic E-state index is 10.7. The SMILES string of the molecule is Nc1ccc2snc(N=P)c2c1.[C-]#[N+]c1cc([N+](=O)[O-])ccc1SCc1ccccc1. The van der Waals surface area contributed by atoms with Crippen LogP contribution >= 0.6 is 32.3 Å². The molecule has 154 valence electrons. The molecular weight excluding hydrogens is 449 g/mol. The zero-order chi connectivity index (χ0) is 22.2. The Morgan fingerprint density at radius 3 is 2.65 bits per heavy atom. The van der Waals surface area contributed by atoms with E-state index in [9.17, 15) is 10.1 Å². The molecule has 3 aromatic carbocycles. The van der Waals surface area contributed by atoms with E-state index >= 15 is 0 Å². The maximum Gasteiger partial charge on any atom is 0.259 e. The van der Waals surface area contributed by atoms with Crippen molar-refractivity contribution in [2.75, 3.05) is 5.73 Å². The number of nitrogens with two attached hydrogens (primary N) is 1. The van der Waals surface area contributed by atoms with E-state index in [0.29, 0.717) is 11.5 Å². The topological polar surface area (TPSA) is 98.8 Å². The molecule has 0 unspecified atom stereocenters. The van der Waals surface area contributed by atoms with Gasteiger partial charge in [-0.2, -0.15) is 4.37 Å². The van der Waals surface area contributed by atoms with Gasteiger partial charge < -0.3 is 5.73 Å². The molecule has 7 nitrogen and oxygen atoms in total. The number of hydrogen-bond acceptors (Lipinski definition) is 7. The van der Waals surface area contributed by atoms with Crippen LogP contribution in [0.2, 0.25) is 0 Å². The van der Waals surface area contributed by atoms with E-state index in [1.807, 2.05) is 48.5 Å². The van der Waals surface area contributed by atoms with Gasteiger partial charge in [0, 0.05) is 33.9 Å². The van der Waals surface area contributed by atoms with Gasteiger partial charge in [0.15, 0.2) is 5.82 Å². The van der Waals surface area contributed by atoms with E-state index in [1.165, 1.54) is 35.4 Å². The maximum atomic E-state index is 10.7. The number of nitro benzene ring substituents is 1. The lowest BCUT2D eigenvalue weighted by Crippen LogP contribution is -1.87. The summed E-state index contributed by atoms with van der Waals surface area (Å²) >= 11 is 2.93. The van der Waals surface area contributed by atoms with Crippen LogP contribution in [0.1, 0.15) is 5.56 Å². The Balaban J connectivity index is 0.000000194. The summed E-state index contributed by atoms with van der Waals surface area (Å²) in [5, 5.41) is 11.7. The van der Waals surface area contributed by atoms with Crippen LogP contribution in [0.15, 0.2) is 76.4 Å². The highest BCUT2D eigenvalue weighted by atomic mass is 32.2. The molecule has 4 aromatic rings. The second-order valence-electron chi connectivity index (χ2n) is 6.17. The molecule has 0 atom stereocenters. The molecule has 0 saturated heterocycles. The quantitative estimate of drug-likeness (QED) is 0.0834. The van der Waals surface area contributed by atoms with E-state index in [2.05, 4.69) is 23.0 Å². The van der Waals surface area contributed by atoms with E-state index in [4.69, 9.17) is 12.3 Å². The second kappa shape index (κ2) is 10.6. The van der Waals surface area contributed by atoms with Crippen molar-refractivity contribution >= 4 is 65.3 Å². The Morgan fingerprint density at radius 2 is 1.97 bits per heavy atom. The zero-order valence-electron chi connectivity index (χ0n) is 16.1. The van der Waals surface area contributed by atoms with Gasteiger partial charge in [0.1, 0.15) is 0 Å². The number of nitrogen functional groups attached to an aromatic ring is 1. The average molecular weight is 466 g/mol. The molecular formula is C21H16N5O2PS2. The Labute approximate surface area is 189 Å². The number of thioether (sulfide) groups is 1. The summed E-state index contributed by atoms with van der Waals surface area (Å²) in [4.78, 5) is 14.3. The third kappa shape index (κ3) is 5.86. The normalized spacial score (nSPS) is 10.0. The van der Waals surface area contributed by atoms with Gasteiger partial charge in [0.05, 0.1) is 16.2 Å². The highest BCUT2D eigenvalue weighted by molar-refractivity contribution is 7.98. The molecule has 1 aromatic heterocycles. The summed E-state index contributed by atoms with van der Waals surface area (Å²) in [5.41, 5.74) is 7.80. The fourth-order valence-corrected chi connectivity index (χ4v) is 4.46. The van der Waals surface area contributed by atoms with Gasteiger partial charge in [0.2, 0.25) is 5.69 Å². The highest BCUT2D eigenvalue weighted by Crippen LogP contribution is 2.34. The molecule has 1 heterocycles. The first-order chi connectivity index (χ1) is 15.0. The van der Waals surface area contributed by atoms with Crippen molar-refractivity contribution < 1.29 is 4.92 Å². The summed E-state index contributed by atoms with van der Waals surface area (Å²) in [6.45, 7) is 7.09. The second-order valence-corrected chi connectivity index (χ2v) is 8.21. The van der Waals surface area contributed by atoms with Gasteiger partial charge in [-0.15, -0.1) is 11.8 Å². The molecule has 0 aliphatic heterocycles. The summed E-state index contributed by atoms with van der Waals surface area (Å²) in [6.07, 6.45) is 0. The number of non-ortho nitro benzene ring substituents is 1. The summed E-state index contributed by atoms with van der Waals surface area (Å²) in [6, 6.07) is 20.0. The first kappa shape index (κ1) is 22.4. The Kier molecular flexibility index (Phi) is 7.68. The van der Waals surface area contributed by atoms with Crippen LogP contribution in [-0.4, -0.2) is 9.30 Å². The predicted octanol–water partition coefficient (Wildman–Crippen LogP) is 7.27. The number of anilines is 1. The molecule has 0 bridgehead atoms. The fourth-order valence-electron chi connectivity index (χ4n) is 2.59. The summed E-state index contributed by atoms with van der Waals surface area (Å²) < 4.78 is 9.07. The molecule has 4 rings (SSSR count). The lowest BCUT2D eigenvalue weighted by Gasteiger charge is -2.04. The minimum Gasteiger partial charge on any atom is -0.399 e. The zero-order valence-corrected chi connectivity index (χ0v) is 18.7. The molecule has 0 aliphatic carbocycles. The van der Waals surface area contributed by atoms with Gasteiger partial charge >= 0.3 is 0 Å². The van der Waals surface area contributed by atoms with Crippen molar-refractivity contribution in [2.45, 2.75) is 10.6 Å². The smallest absolute Gasteiger partial charge is 0.259 e. The average Bonchev–Trinajstić information content (AvgIpc) is 3.20. The van der Waals surface area contributed by atoms with Crippen LogP contribution in [0, 0.1) is 16.7 Å². The first-order valence-electron chi connectivity index (χ1n) is 8.87. The Bertz CT molecular complexity index is 1270. The lowest BCUT2D eigenvalue weighted by atomic mass is 10.2. The highest BCUT2D eigenvalue weighted by Gasteiger charge is 2.11. The predicted molar refractivity (Wildman–Crippen MR) is 130 cm³/mol. The number of nitro groups is 1. The van der Waals surface area contributed by atoms with Crippen molar-refractivity contribution in [2.24, 2.45) is 4.74 Å². The van der Waals surface area contributed by atoms with E-state index in [-0.39, 0.29) is 5.69 Å². The van der Waals surface area contributed by atoms with Crippen molar-refractivity contribution in [1.29, 1.82) is 0 Å². The van der Waals surface area contributed by atoms with Crippen LogP contribution in [-0.2, 0) is 5.75 Å². The number of fused-ring (bicyclic) bond motifs is 1. The van der Waals surface area contributed by atoms with Crippen molar-refractivity contribution in [1.82, 2.24) is 4.37 Å². The van der Waals surface area contributed by atoms with Crippen molar-refractivity contribution in [3.05, 3.63) is 93.8 Å². The van der Waals surface area contributed by atoms with Crippen LogP contribution in [0.3, 0.4) is 0 Å². The molecule has 10 heteroatoms. The number of nitrogens with zero attached hydrogens (tertiary/aromatic N) is 4. The molecule has 0 radical (unpaired) electrons. The molecule has 0 spiro atoms. The van der Waals surface area contributed by atoms with Gasteiger partial charge in [-0.3, -0.25) is 10.1 Å². The molecule has 0 fully saturated rings. The van der Waals surface area contributed by atoms with Crippen LogP contribution < -0.4 is 5.73 Å². The Morgan fingerprint density at radius 1 is 1.19 bits per heavy atom. The van der Waals surface area contributed by atoms with Crippen molar-refractivity contribution in [3.8, 4) is 0 Å². The number of aromatic nitrogens is 1. The van der Waals surface area contributed by atoms with Crippen LogP contribution in [0.4, 0.5) is 22.9 Å². The van der Waals surface area contributed by atoms with E-state index < -0.39 is 4.92 Å². The molecule has 0 saturated carbocycles. The number of rotatable bonds is 5. The van der Waals surface area contributed by atoms with Gasteiger partial charge in [-0.05, 0) is 44.3 Å². The summed E-state index contributed by atoms with van der Waals surface area (Å²) in [5.74, 6) is 1.43. The minimum atomic E-state index is -0.486. The lowest BCUT2D eigenvalue weighted by molar-refractivity contribution is -0.384. The molecule has 0 amide bonds.